The molecule has 1 N–H and O–H groups in total. The van der Waals surface area contributed by atoms with Gasteiger partial charge in [-0.25, -0.2) is 4.79 Å². The van der Waals surface area contributed by atoms with E-state index in [-0.39, 0.29) is 0 Å². The van der Waals surface area contributed by atoms with Gasteiger partial charge in [0.2, 0.25) is 0 Å². The van der Waals surface area contributed by atoms with Crippen LogP contribution in [0.1, 0.15) is 28.8 Å². The van der Waals surface area contributed by atoms with E-state index in [9.17, 15) is 10.1 Å². The van der Waals surface area contributed by atoms with Crippen LogP contribution in [0.2, 0.25) is 0 Å². The summed E-state index contributed by atoms with van der Waals surface area (Å²) in [6, 6.07) is 14.1. The van der Waals surface area contributed by atoms with Crippen molar-refractivity contribution in [3.63, 3.8) is 0 Å². The lowest BCUT2D eigenvalue weighted by atomic mass is 9.80. The molecule has 1 aliphatic heterocycles. The lowest BCUT2D eigenvalue weighted by molar-refractivity contribution is -0.136. The van der Waals surface area contributed by atoms with Gasteiger partial charge in [-0.1, -0.05) is 35.9 Å². The maximum Gasteiger partial charge on any atom is 0.336 e. The number of nitrogens with zero attached hydrogens (tertiary/aromatic N) is 1. The largest absolute Gasteiger partial charge is 0.466 e. The average Bonchev–Trinajstić information content (AvgIpc) is 3.15. The highest BCUT2D eigenvalue weighted by atomic mass is 32.1. The number of esters is 1. The molecule has 5 heteroatoms. The van der Waals surface area contributed by atoms with Crippen LogP contribution in [0.15, 0.2) is 58.6 Å². The van der Waals surface area contributed by atoms with Crippen molar-refractivity contribution < 1.29 is 9.53 Å². The predicted molar refractivity (Wildman–Crippen MR) is 98.6 cm³/mol. The molecule has 2 aromatic rings. The topological polar surface area (TPSA) is 62.1 Å². The number of dihydropyridines is 1. The Balaban J connectivity index is 2.23. The first-order valence-corrected chi connectivity index (χ1v) is 8.75. The number of carbonyl (C=O) groups excluding carboxylic acids is 1. The van der Waals surface area contributed by atoms with Gasteiger partial charge < -0.3 is 10.1 Å². The van der Waals surface area contributed by atoms with Crippen molar-refractivity contribution in [3.8, 4) is 6.07 Å². The number of methoxy groups -OCH3 is 1. The molecule has 0 aliphatic carbocycles. The molecule has 126 valence electrons. The summed E-state index contributed by atoms with van der Waals surface area (Å²) in [5, 5.41) is 15.1. The minimum atomic E-state index is -0.448. The molecule has 1 aliphatic rings. The van der Waals surface area contributed by atoms with Crippen LogP contribution < -0.4 is 5.32 Å². The second kappa shape index (κ2) is 6.96. The number of hydrogen-bond acceptors (Lipinski definition) is 5. The third-order valence-electron chi connectivity index (χ3n) is 4.27. The smallest absolute Gasteiger partial charge is 0.336 e. The molecule has 2 heterocycles. The van der Waals surface area contributed by atoms with Crippen molar-refractivity contribution in [1.82, 2.24) is 5.32 Å². The molecular formula is C20H18N2O2S. The summed E-state index contributed by atoms with van der Waals surface area (Å²) in [7, 11) is 1.36. The van der Waals surface area contributed by atoms with E-state index in [0.29, 0.717) is 16.8 Å². The SMILES string of the molecule is COC(=O)C1=C(C)NC(c2cccs2)=C(C#N)C1c1ccc(C)cc1. The van der Waals surface area contributed by atoms with Crippen LogP contribution in [0, 0.1) is 18.3 Å². The summed E-state index contributed by atoms with van der Waals surface area (Å²) in [6.45, 7) is 3.85. The van der Waals surface area contributed by atoms with E-state index in [4.69, 9.17) is 4.74 Å². The van der Waals surface area contributed by atoms with Crippen LogP contribution in [-0.4, -0.2) is 13.1 Å². The van der Waals surface area contributed by atoms with Crippen molar-refractivity contribution >= 4 is 23.0 Å². The standard InChI is InChI=1S/C20H18N2O2S/c1-12-6-8-14(9-7-12)18-15(11-21)19(16-5-4-10-25-16)22-13(2)17(18)20(23)24-3/h4-10,18,22H,1-3H3. The van der Waals surface area contributed by atoms with Crippen LogP contribution in [0.25, 0.3) is 5.70 Å². The van der Waals surface area contributed by atoms with Gasteiger partial charge in [0.15, 0.2) is 0 Å². The first-order chi connectivity index (χ1) is 12.1. The zero-order valence-corrected chi connectivity index (χ0v) is 15.1. The van der Waals surface area contributed by atoms with E-state index >= 15 is 0 Å². The predicted octanol–water partition coefficient (Wildman–Crippen LogP) is 4.13. The molecule has 1 unspecified atom stereocenters. The van der Waals surface area contributed by atoms with Gasteiger partial charge in [0.1, 0.15) is 0 Å². The molecule has 3 rings (SSSR count). The zero-order chi connectivity index (χ0) is 18.0. The second-order valence-electron chi connectivity index (χ2n) is 5.88. The molecule has 1 aromatic heterocycles. The van der Waals surface area contributed by atoms with Gasteiger partial charge in [0, 0.05) is 5.70 Å². The summed E-state index contributed by atoms with van der Waals surface area (Å²) in [5.74, 6) is -0.870. The monoisotopic (exact) mass is 350 g/mol. The Kier molecular flexibility index (Phi) is 4.73. The Morgan fingerprint density at radius 1 is 1.24 bits per heavy atom. The third-order valence-corrected chi connectivity index (χ3v) is 5.15. The van der Waals surface area contributed by atoms with Crippen LogP contribution in [0.4, 0.5) is 0 Å². The minimum absolute atomic E-state index is 0.423. The van der Waals surface area contributed by atoms with Gasteiger partial charge in [0.05, 0.1) is 40.8 Å². The Hall–Kier alpha value is -2.84. The van der Waals surface area contributed by atoms with E-state index in [1.807, 2.05) is 55.6 Å². The number of thiophene rings is 1. The summed E-state index contributed by atoms with van der Waals surface area (Å²) < 4.78 is 4.99. The van der Waals surface area contributed by atoms with E-state index in [1.165, 1.54) is 7.11 Å². The number of hydrogen-bond donors (Lipinski definition) is 1. The molecule has 0 fully saturated rings. The van der Waals surface area contributed by atoms with Crippen molar-refractivity contribution in [2.24, 2.45) is 0 Å². The fourth-order valence-electron chi connectivity index (χ4n) is 3.04. The van der Waals surface area contributed by atoms with E-state index < -0.39 is 11.9 Å². The minimum Gasteiger partial charge on any atom is -0.466 e. The van der Waals surface area contributed by atoms with Crippen molar-refractivity contribution in [3.05, 3.63) is 74.6 Å². The zero-order valence-electron chi connectivity index (χ0n) is 14.3. The normalized spacial score (nSPS) is 17.1. The Morgan fingerprint density at radius 3 is 2.52 bits per heavy atom. The number of aryl methyl sites for hydroxylation is 1. The summed E-state index contributed by atoms with van der Waals surface area (Å²) in [5.41, 5.74) is 4.49. The number of benzene rings is 1. The van der Waals surface area contributed by atoms with Gasteiger partial charge in [0.25, 0.3) is 0 Å². The van der Waals surface area contributed by atoms with E-state index in [1.54, 1.807) is 11.3 Å². The molecule has 1 aromatic carbocycles. The summed E-state index contributed by atoms with van der Waals surface area (Å²) in [4.78, 5) is 13.4. The number of ether oxygens (including phenoxy) is 1. The number of carbonyl (C=O) groups is 1. The van der Waals surface area contributed by atoms with E-state index in [0.717, 1.165) is 21.7 Å². The summed E-state index contributed by atoms with van der Waals surface area (Å²) in [6.07, 6.45) is 0. The van der Waals surface area contributed by atoms with Crippen LogP contribution in [-0.2, 0) is 9.53 Å². The molecule has 0 radical (unpaired) electrons. The number of allylic oxidation sites excluding steroid dienone is 2. The average molecular weight is 350 g/mol. The molecule has 1 atom stereocenters. The highest BCUT2D eigenvalue weighted by molar-refractivity contribution is 7.11. The second-order valence-corrected chi connectivity index (χ2v) is 6.82. The number of nitriles is 1. The van der Waals surface area contributed by atoms with Gasteiger partial charge in [-0.15, -0.1) is 11.3 Å². The maximum atomic E-state index is 12.4. The van der Waals surface area contributed by atoms with Crippen LogP contribution in [0.3, 0.4) is 0 Å². The fourth-order valence-corrected chi connectivity index (χ4v) is 3.78. The highest BCUT2D eigenvalue weighted by Gasteiger charge is 2.35. The Bertz CT molecular complexity index is 900. The van der Waals surface area contributed by atoms with Crippen molar-refractivity contribution in [2.75, 3.05) is 7.11 Å². The van der Waals surface area contributed by atoms with Crippen molar-refractivity contribution in [1.29, 1.82) is 5.26 Å². The molecule has 25 heavy (non-hydrogen) atoms. The Labute approximate surface area is 151 Å². The molecule has 4 nitrogen and oxygen atoms in total. The lowest BCUT2D eigenvalue weighted by Crippen LogP contribution is -2.28. The number of nitrogens with one attached hydrogen (secondary N) is 1. The van der Waals surface area contributed by atoms with Gasteiger partial charge in [-0.3, -0.25) is 0 Å². The third kappa shape index (κ3) is 3.09. The first-order valence-electron chi connectivity index (χ1n) is 7.87. The van der Waals surface area contributed by atoms with Crippen molar-refractivity contribution in [2.45, 2.75) is 19.8 Å². The van der Waals surface area contributed by atoms with Crippen LogP contribution >= 0.6 is 11.3 Å². The lowest BCUT2D eigenvalue weighted by Gasteiger charge is -2.29. The molecule has 0 saturated carbocycles. The molecule has 0 saturated heterocycles. The maximum absolute atomic E-state index is 12.4. The van der Waals surface area contributed by atoms with Gasteiger partial charge in [-0.2, -0.15) is 5.26 Å². The number of rotatable bonds is 3. The highest BCUT2D eigenvalue weighted by Crippen LogP contribution is 2.41. The van der Waals surface area contributed by atoms with Crippen LogP contribution in [0.5, 0.6) is 0 Å². The first kappa shape index (κ1) is 17.0. The molecule has 0 amide bonds. The Morgan fingerprint density at radius 2 is 1.96 bits per heavy atom. The molecule has 0 spiro atoms. The molecular weight excluding hydrogens is 332 g/mol. The quantitative estimate of drug-likeness (QED) is 0.846. The molecule has 0 bridgehead atoms. The fraction of sp³-hybridized carbons (Fsp3) is 0.200. The van der Waals surface area contributed by atoms with Gasteiger partial charge >= 0.3 is 5.97 Å². The van der Waals surface area contributed by atoms with Gasteiger partial charge in [-0.05, 0) is 30.9 Å². The van der Waals surface area contributed by atoms with E-state index in [2.05, 4.69) is 11.4 Å². The summed E-state index contributed by atoms with van der Waals surface area (Å²) >= 11 is 1.56.